The molecule has 0 saturated carbocycles. The zero-order chi connectivity index (χ0) is 32.0. The number of benzene rings is 1. The lowest BCUT2D eigenvalue weighted by atomic mass is 9.93. The van der Waals surface area contributed by atoms with Gasteiger partial charge in [-0.3, -0.25) is 19.6 Å². The van der Waals surface area contributed by atoms with Crippen LogP contribution >= 0.6 is 0 Å². The molecule has 0 aliphatic carbocycles. The molecule has 13 nitrogen and oxygen atoms in total. The number of urea groups is 1. The molecule has 1 aromatic carbocycles. The second-order valence-electron chi connectivity index (χ2n) is 12.0. The van der Waals surface area contributed by atoms with Crippen LogP contribution < -0.4 is 20.7 Å². The number of hydrogen-bond donors (Lipinski definition) is 4. The third kappa shape index (κ3) is 10.6. The number of hydrogen-bond acceptors (Lipinski definition) is 9. The largest absolute Gasteiger partial charge is 0.490 e. The van der Waals surface area contributed by atoms with Crippen molar-refractivity contribution in [3.63, 3.8) is 0 Å². The van der Waals surface area contributed by atoms with Crippen molar-refractivity contribution in [2.24, 2.45) is 0 Å². The van der Waals surface area contributed by atoms with Crippen molar-refractivity contribution in [3.8, 4) is 5.75 Å². The Hall–Kier alpha value is -4.01. The summed E-state index contributed by atoms with van der Waals surface area (Å²) in [6.07, 6.45) is 4.52. The van der Waals surface area contributed by atoms with E-state index in [0.29, 0.717) is 47.6 Å². The molecule has 3 amide bonds. The van der Waals surface area contributed by atoms with Gasteiger partial charge in [-0.2, -0.15) is 8.42 Å². The summed E-state index contributed by atoms with van der Waals surface area (Å²) in [4.78, 5) is 31.5. The maximum Gasteiger partial charge on any atom is 0.324 e. The van der Waals surface area contributed by atoms with Crippen molar-refractivity contribution in [3.05, 3.63) is 60.1 Å². The Morgan fingerprint density at radius 3 is 2.19 bits per heavy atom. The Morgan fingerprint density at radius 2 is 1.70 bits per heavy atom. The normalized spacial score (nSPS) is 16.5. The van der Waals surface area contributed by atoms with E-state index < -0.39 is 16.1 Å². The van der Waals surface area contributed by atoms with E-state index in [2.05, 4.69) is 51.9 Å². The molecule has 3 heterocycles. The summed E-state index contributed by atoms with van der Waals surface area (Å²) in [6.45, 7) is 11.1. The van der Waals surface area contributed by atoms with Crippen LogP contribution in [0.5, 0.6) is 5.75 Å². The molecule has 1 saturated heterocycles. The number of amides is 3. The molecule has 4 N–H and O–H groups in total. The Labute approximate surface area is 252 Å². The number of carbonyl (C=O) groups excluding carboxylic acids is 2. The van der Waals surface area contributed by atoms with Crippen molar-refractivity contribution < 1.29 is 31.8 Å². The summed E-state index contributed by atoms with van der Waals surface area (Å²) in [5, 5.41) is 12.0. The van der Waals surface area contributed by atoms with Gasteiger partial charge in [0.1, 0.15) is 23.8 Å². The zero-order valence-corrected chi connectivity index (χ0v) is 26.3. The van der Waals surface area contributed by atoms with Gasteiger partial charge in [0.25, 0.3) is 16.0 Å². The van der Waals surface area contributed by atoms with Gasteiger partial charge in [-0.15, -0.1) is 0 Å². The van der Waals surface area contributed by atoms with Gasteiger partial charge >= 0.3 is 6.03 Å². The summed E-state index contributed by atoms with van der Waals surface area (Å²) >= 11 is 0. The van der Waals surface area contributed by atoms with Crippen molar-refractivity contribution in [2.75, 3.05) is 35.9 Å². The number of nitrogens with one attached hydrogen (secondary N) is 3. The number of aromatic nitrogens is 2. The maximum atomic E-state index is 12.6. The smallest absolute Gasteiger partial charge is 0.324 e. The molecule has 234 valence electrons. The molecular weight excluding hydrogens is 576 g/mol. The predicted octanol–water partition coefficient (Wildman–Crippen LogP) is 5.02. The molecule has 3 aromatic rings. The Morgan fingerprint density at radius 1 is 1.09 bits per heavy atom. The fraction of sp³-hybridized carbons (Fsp3) is 0.448. The van der Waals surface area contributed by atoms with Gasteiger partial charge in [0, 0.05) is 34.4 Å². The molecule has 43 heavy (non-hydrogen) atoms. The average molecular weight is 617 g/mol. The van der Waals surface area contributed by atoms with Crippen molar-refractivity contribution >= 4 is 39.2 Å². The Balaban J connectivity index is 0.000000934. The number of rotatable bonds is 7. The SMILES string of the molecule is CN1[C@H](COc2ccc(C(=O)Nc3ccc(NC(=O)Nc4cc(C(C)(C)C)on4)cc3)nc2)CCC1(C)C.CS(=O)(=O)O. The Kier molecular flexibility index (Phi) is 10.5. The van der Waals surface area contributed by atoms with Gasteiger partial charge in [0.2, 0.25) is 0 Å². The monoisotopic (exact) mass is 616 g/mol. The van der Waals surface area contributed by atoms with Crippen LogP contribution in [0.1, 0.15) is 63.7 Å². The number of carbonyl (C=O) groups is 2. The molecule has 4 rings (SSSR count). The van der Waals surface area contributed by atoms with Crippen LogP contribution in [0, 0.1) is 0 Å². The van der Waals surface area contributed by atoms with Crippen LogP contribution in [-0.2, 0) is 15.5 Å². The zero-order valence-electron chi connectivity index (χ0n) is 25.5. The third-order valence-corrected chi connectivity index (χ3v) is 6.89. The van der Waals surface area contributed by atoms with Crippen molar-refractivity contribution in [1.29, 1.82) is 0 Å². The minimum absolute atomic E-state index is 0.184. The van der Waals surface area contributed by atoms with Crippen LogP contribution in [-0.4, -0.2) is 71.4 Å². The fourth-order valence-corrected chi connectivity index (χ4v) is 4.17. The molecule has 0 unspecified atom stereocenters. The highest BCUT2D eigenvalue weighted by molar-refractivity contribution is 7.85. The lowest BCUT2D eigenvalue weighted by Gasteiger charge is -2.31. The summed E-state index contributed by atoms with van der Waals surface area (Å²) in [5.74, 6) is 1.29. The second kappa shape index (κ2) is 13.5. The van der Waals surface area contributed by atoms with E-state index in [-0.39, 0.29) is 22.6 Å². The highest BCUT2D eigenvalue weighted by Crippen LogP contribution is 2.32. The quantitative estimate of drug-likeness (QED) is 0.264. The summed E-state index contributed by atoms with van der Waals surface area (Å²) in [6, 6.07) is 11.8. The molecule has 0 bridgehead atoms. The number of ether oxygens (including phenoxy) is 1. The van der Waals surface area contributed by atoms with E-state index in [1.54, 1.807) is 48.7 Å². The molecular formula is C29H40N6O7S. The first kappa shape index (κ1) is 33.5. The number of pyridine rings is 1. The molecule has 0 spiro atoms. The van der Waals surface area contributed by atoms with Crippen LogP contribution in [0.25, 0.3) is 0 Å². The Bertz CT molecular complexity index is 1490. The highest BCUT2D eigenvalue weighted by Gasteiger charge is 2.36. The molecule has 0 radical (unpaired) electrons. The summed E-state index contributed by atoms with van der Waals surface area (Å²) in [5.41, 5.74) is 1.37. The molecule has 1 aliphatic rings. The van der Waals surface area contributed by atoms with Crippen LogP contribution in [0.3, 0.4) is 0 Å². The van der Waals surface area contributed by atoms with E-state index in [4.69, 9.17) is 13.8 Å². The average Bonchev–Trinajstić information content (AvgIpc) is 3.47. The van der Waals surface area contributed by atoms with Crippen LogP contribution in [0.2, 0.25) is 0 Å². The molecule has 1 aliphatic heterocycles. The first-order valence-electron chi connectivity index (χ1n) is 13.6. The van der Waals surface area contributed by atoms with E-state index >= 15 is 0 Å². The van der Waals surface area contributed by atoms with E-state index in [1.807, 2.05) is 20.8 Å². The standard InChI is InChI=1S/C28H36N6O4.CH4O3S/c1-27(2,3)23-15-24(33-38-23)32-26(36)31-19-9-7-18(8-10-19)30-25(35)22-12-11-21(16-29-22)37-17-20-13-14-28(4,5)34(20)6;1-5(2,3)4/h7-12,15-16,20H,13-14,17H2,1-6H3,(H,30,35)(H2,31,32,33,36);1H3,(H,2,3,4)/t20-;/m0./s1. The first-order valence-corrected chi connectivity index (χ1v) is 15.5. The van der Waals surface area contributed by atoms with Gasteiger partial charge in [-0.25, -0.2) is 9.78 Å². The van der Waals surface area contributed by atoms with Gasteiger partial charge in [-0.05, 0) is 70.1 Å². The van der Waals surface area contributed by atoms with Crippen LogP contribution in [0.4, 0.5) is 22.0 Å². The van der Waals surface area contributed by atoms with Crippen molar-refractivity contribution in [1.82, 2.24) is 15.0 Å². The van der Waals surface area contributed by atoms with Gasteiger partial charge in [0.15, 0.2) is 5.82 Å². The van der Waals surface area contributed by atoms with Gasteiger partial charge < -0.3 is 19.9 Å². The molecule has 14 heteroatoms. The number of anilines is 3. The highest BCUT2D eigenvalue weighted by atomic mass is 32.2. The third-order valence-electron chi connectivity index (χ3n) is 6.89. The number of likely N-dealkylation sites (N-methyl/N-ethyl adjacent to an activating group) is 1. The second-order valence-corrected chi connectivity index (χ2v) is 13.4. The van der Waals surface area contributed by atoms with Crippen LogP contribution in [0.15, 0.2) is 53.2 Å². The lowest BCUT2D eigenvalue weighted by Crippen LogP contribution is -2.41. The predicted molar refractivity (Wildman–Crippen MR) is 164 cm³/mol. The summed E-state index contributed by atoms with van der Waals surface area (Å²) in [7, 11) is -1.54. The molecule has 1 fully saturated rings. The molecule has 2 aromatic heterocycles. The summed E-state index contributed by atoms with van der Waals surface area (Å²) < 4.78 is 37.1. The van der Waals surface area contributed by atoms with E-state index in [9.17, 15) is 18.0 Å². The fourth-order valence-electron chi connectivity index (χ4n) is 4.17. The minimum atomic E-state index is -3.67. The van der Waals surface area contributed by atoms with Crippen molar-refractivity contribution in [2.45, 2.75) is 64.5 Å². The topological polar surface area (TPSA) is 176 Å². The lowest BCUT2D eigenvalue weighted by molar-refractivity contribution is 0.102. The van der Waals surface area contributed by atoms with Gasteiger partial charge in [-0.1, -0.05) is 25.9 Å². The minimum Gasteiger partial charge on any atom is -0.490 e. The number of likely N-dealkylation sites (tertiary alicyclic amines) is 1. The van der Waals surface area contributed by atoms with Gasteiger partial charge in [0.05, 0.1) is 12.5 Å². The maximum absolute atomic E-state index is 12.6. The van der Waals surface area contributed by atoms with E-state index in [0.717, 1.165) is 12.8 Å². The molecule has 1 atom stereocenters. The number of nitrogens with zero attached hydrogens (tertiary/aromatic N) is 3. The van der Waals surface area contributed by atoms with E-state index in [1.165, 1.54) is 0 Å². The first-order chi connectivity index (χ1) is 19.9.